The van der Waals surface area contributed by atoms with Gasteiger partial charge in [-0.15, -0.1) is 11.3 Å². The van der Waals surface area contributed by atoms with E-state index in [2.05, 4.69) is 47.0 Å². The van der Waals surface area contributed by atoms with Gasteiger partial charge in [0, 0.05) is 35.5 Å². The number of nitrogens with one attached hydrogen (secondary N) is 1. The molecule has 0 aliphatic heterocycles. The molecule has 196 valence electrons. The molecule has 5 aromatic heterocycles. The molecule has 0 aliphatic carbocycles. The molecule has 5 heterocycles. The summed E-state index contributed by atoms with van der Waals surface area (Å²) in [5.74, 6) is 0.108. The number of carbonyl (C=O) groups is 1. The predicted octanol–water partition coefficient (Wildman–Crippen LogP) is 6.22. The van der Waals surface area contributed by atoms with E-state index < -0.39 is 0 Å². The number of H-pyrrole nitrogens is 1. The van der Waals surface area contributed by atoms with E-state index in [9.17, 15) is 4.79 Å². The highest BCUT2D eigenvalue weighted by atomic mass is 32.1. The van der Waals surface area contributed by atoms with Gasteiger partial charge in [0.25, 0.3) is 0 Å². The number of carbonyl (C=O) groups excluding carboxylic acids is 1. The Labute approximate surface area is 226 Å². The van der Waals surface area contributed by atoms with Gasteiger partial charge in [0.05, 0.1) is 39.4 Å². The molecule has 0 amide bonds. The van der Waals surface area contributed by atoms with Crippen LogP contribution in [0.2, 0.25) is 0 Å². The summed E-state index contributed by atoms with van der Waals surface area (Å²) < 4.78 is 1.75. The number of fused-ring (bicyclic) bond motifs is 1. The van der Waals surface area contributed by atoms with E-state index in [1.54, 1.807) is 22.0 Å². The minimum Gasteiger partial charge on any atom is -0.301 e. The molecule has 0 radical (unpaired) electrons. The van der Waals surface area contributed by atoms with Crippen molar-refractivity contribution in [1.29, 1.82) is 0 Å². The lowest BCUT2D eigenvalue weighted by atomic mass is 9.99. The van der Waals surface area contributed by atoms with Crippen LogP contribution in [0.1, 0.15) is 55.4 Å². The van der Waals surface area contributed by atoms with Crippen LogP contribution in [0.25, 0.3) is 38.7 Å². The maximum Gasteiger partial charge on any atom is 0.165 e. The SMILES string of the molecule is CCN(CC)[C@@H](C)CCC(=O)c1cc(-c2c(C)n[nH]c2C)nc(-c2cnn3ccc(-c4cccs4)nc23)c1. The smallest absolute Gasteiger partial charge is 0.165 e. The third-order valence-electron chi connectivity index (χ3n) is 7.18. The zero-order valence-electron chi connectivity index (χ0n) is 22.5. The quantitative estimate of drug-likeness (QED) is 0.217. The molecule has 0 unspecified atom stereocenters. The van der Waals surface area contributed by atoms with Gasteiger partial charge in [-0.3, -0.25) is 9.89 Å². The van der Waals surface area contributed by atoms with Crippen LogP contribution < -0.4 is 0 Å². The van der Waals surface area contributed by atoms with Gasteiger partial charge in [0.15, 0.2) is 11.4 Å². The Hall–Kier alpha value is -3.69. The minimum absolute atomic E-state index is 0.108. The first kappa shape index (κ1) is 25.9. The molecule has 8 nitrogen and oxygen atoms in total. The maximum atomic E-state index is 13.5. The Morgan fingerprint density at radius 3 is 2.58 bits per heavy atom. The number of pyridine rings is 1. The molecule has 5 aromatic rings. The molecule has 0 aromatic carbocycles. The highest BCUT2D eigenvalue weighted by Gasteiger charge is 2.20. The summed E-state index contributed by atoms with van der Waals surface area (Å²) in [5.41, 5.74) is 7.09. The maximum absolute atomic E-state index is 13.5. The average Bonchev–Trinajstić information content (AvgIpc) is 3.68. The zero-order valence-corrected chi connectivity index (χ0v) is 23.3. The fourth-order valence-corrected chi connectivity index (χ4v) is 5.71. The molecule has 0 spiro atoms. The highest BCUT2D eigenvalue weighted by molar-refractivity contribution is 7.13. The third-order valence-corrected chi connectivity index (χ3v) is 8.07. The van der Waals surface area contributed by atoms with Crippen LogP contribution >= 0.6 is 11.3 Å². The van der Waals surface area contributed by atoms with Gasteiger partial charge in [-0.05, 0) is 69.9 Å². The van der Waals surface area contributed by atoms with Crippen molar-refractivity contribution in [3.8, 4) is 33.1 Å². The molecule has 0 saturated carbocycles. The summed E-state index contributed by atoms with van der Waals surface area (Å²) in [7, 11) is 0. The van der Waals surface area contributed by atoms with Crippen LogP contribution in [-0.2, 0) is 0 Å². The molecule has 38 heavy (non-hydrogen) atoms. The summed E-state index contributed by atoms with van der Waals surface area (Å²) in [6.07, 6.45) is 4.97. The molecule has 5 rings (SSSR count). The van der Waals surface area contributed by atoms with Crippen LogP contribution in [-0.4, -0.2) is 59.6 Å². The van der Waals surface area contributed by atoms with Gasteiger partial charge in [-0.1, -0.05) is 19.9 Å². The number of hydrogen-bond acceptors (Lipinski definition) is 7. The largest absolute Gasteiger partial charge is 0.301 e. The lowest BCUT2D eigenvalue weighted by Gasteiger charge is -2.26. The number of aromatic nitrogens is 6. The van der Waals surface area contributed by atoms with E-state index >= 15 is 0 Å². The molecule has 0 fully saturated rings. The van der Waals surface area contributed by atoms with Crippen LogP contribution in [0.5, 0.6) is 0 Å². The number of hydrogen-bond donors (Lipinski definition) is 1. The average molecular weight is 528 g/mol. The number of nitrogens with zero attached hydrogens (tertiary/aromatic N) is 6. The van der Waals surface area contributed by atoms with Crippen LogP contribution in [0.3, 0.4) is 0 Å². The van der Waals surface area contributed by atoms with Crippen molar-refractivity contribution in [2.75, 3.05) is 13.1 Å². The van der Waals surface area contributed by atoms with Crippen molar-refractivity contribution in [2.24, 2.45) is 0 Å². The molecule has 1 atom stereocenters. The Balaban J connectivity index is 1.58. The summed E-state index contributed by atoms with van der Waals surface area (Å²) in [5, 5.41) is 14.0. The second kappa shape index (κ2) is 11.0. The van der Waals surface area contributed by atoms with E-state index in [-0.39, 0.29) is 5.78 Å². The molecule has 0 aliphatic rings. The van der Waals surface area contributed by atoms with Crippen molar-refractivity contribution < 1.29 is 4.79 Å². The van der Waals surface area contributed by atoms with Gasteiger partial charge < -0.3 is 4.90 Å². The number of Topliss-reactive ketones (excluding diaryl/α,β-unsaturated/α-hetero) is 1. The molecule has 9 heteroatoms. The van der Waals surface area contributed by atoms with Gasteiger partial charge in [-0.2, -0.15) is 10.2 Å². The number of rotatable bonds is 10. The highest BCUT2D eigenvalue weighted by Crippen LogP contribution is 2.31. The van der Waals surface area contributed by atoms with E-state index in [1.165, 1.54) is 0 Å². The number of aryl methyl sites for hydroxylation is 2. The number of thiophene rings is 1. The number of ketones is 1. The predicted molar refractivity (Wildman–Crippen MR) is 153 cm³/mol. The fraction of sp³-hybridized carbons (Fsp3) is 0.345. The monoisotopic (exact) mass is 527 g/mol. The van der Waals surface area contributed by atoms with Crippen molar-refractivity contribution in [2.45, 2.75) is 53.5 Å². The summed E-state index contributed by atoms with van der Waals surface area (Å²) in [4.78, 5) is 26.9. The van der Waals surface area contributed by atoms with Crippen LogP contribution in [0.15, 0.2) is 48.1 Å². The van der Waals surface area contributed by atoms with Gasteiger partial charge in [0.2, 0.25) is 0 Å². The normalized spacial score (nSPS) is 12.5. The van der Waals surface area contributed by atoms with Gasteiger partial charge >= 0.3 is 0 Å². The lowest BCUT2D eigenvalue weighted by molar-refractivity contribution is 0.0964. The lowest BCUT2D eigenvalue weighted by Crippen LogP contribution is -2.33. The Morgan fingerprint density at radius 1 is 1.11 bits per heavy atom. The van der Waals surface area contributed by atoms with Gasteiger partial charge in [-0.25, -0.2) is 14.5 Å². The van der Waals surface area contributed by atoms with Crippen LogP contribution in [0.4, 0.5) is 0 Å². The van der Waals surface area contributed by atoms with Crippen molar-refractivity contribution in [3.05, 3.63) is 65.1 Å². The second-order valence-electron chi connectivity index (χ2n) is 9.58. The standard InChI is InChI=1S/C29H33N7OS/c1-6-35(7-2)18(3)10-11-26(37)21-15-24(31-25(16-21)28-19(4)33-34-20(28)5)22-17-30-36-13-12-23(32-29(22)36)27-9-8-14-38-27/h8-9,12-18H,6-7,10-11H2,1-5H3,(H,33,34)/t18-/m0/s1. The molecule has 0 bridgehead atoms. The summed E-state index contributed by atoms with van der Waals surface area (Å²) in [6.45, 7) is 12.4. The summed E-state index contributed by atoms with van der Waals surface area (Å²) in [6, 6.07) is 10.2. The van der Waals surface area contributed by atoms with Crippen molar-refractivity contribution in [3.63, 3.8) is 0 Å². The van der Waals surface area contributed by atoms with Crippen LogP contribution in [0, 0.1) is 13.8 Å². The first-order valence-electron chi connectivity index (χ1n) is 13.1. The molecule has 0 saturated heterocycles. The Kier molecular flexibility index (Phi) is 7.49. The van der Waals surface area contributed by atoms with Gasteiger partial charge in [0.1, 0.15) is 0 Å². The Morgan fingerprint density at radius 2 is 1.89 bits per heavy atom. The molecule has 1 N–H and O–H groups in total. The second-order valence-corrected chi connectivity index (χ2v) is 10.5. The minimum atomic E-state index is 0.108. The molecular formula is C29H33N7OS. The fourth-order valence-electron chi connectivity index (χ4n) is 5.01. The van der Waals surface area contributed by atoms with E-state index in [0.29, 0.717) is 29.4 Å². The summed E-state index contributed by atoms with van der Waals surface area (Å²) >= 11 is 1.65. The third kappa shape index (κ3) is 5.04. The van der Waals surface area contributed by atoms with E-state index in [1.807, 2.05) is 49.7 Å². The number of aromatic amines is 1. The Bertz CT molecular complexity index is 1540. The van der Waals surface area contributed by atoms with Crippen molar-refractivity contribution in [1.82, 2.24) is 34.7 Å². The van der Waals surface area contributed by atoms with E-state index in [0.717, 1.165) is 58.3 Å². The molecular weight excluding hydrogens is 494 g/mol. The topological polar surface area (TPSA) is 92.1 Å². The van der Waals surface area contributed by atoms with Crippen molar-refractivity contribution >= 4 is 22.8 Å². The zero-order chi connectivity index (χ0) is 26.8. The first-order chi connectivity index (χ1) is 18.4. The first-order valence-corrected chi connectivity index (χ1v) is 14.0. The van der Waals surface area contributed by atoms with E-state index in [4.69, 9.17) is 9.97 Å².